The Morgan fingerprint density at radius 2 is 1.64 bits per heavy atom. The second kappa shape index (κ2) is 20.3. The molecule has 282 valence electrons. The lowest BCUT2D eigenvalue weighted by Crippen LogP contribution is -2.50. The largest absolute Gasteiger partial charge is 0.490 e. The number of halogens is 1. The molecule has 2 atom stereocenters. The molecular formula is C40H39ClN8O4S2. The van der Waals surface area contributed by atoms with E-state index in [0.29, 0.717) is 52.1 Å². The Hall–Kier alpha value is -5.48. The molecule has 5 rings (SSSR count). The first kappa shape index (κ1) is 40.7. The van der Waals surface area contributed by atoms with Crippen molar-refractivity contribution in [3.8, 4) is 39.6 Å². The van der Waals surface area contributed by atoms with Gasteiger partial charge in [-0.2, -0.15) is 10.5 Å². The van der Waals surface area contributed by atoms with Crippen LogP contribution in [0.5, 0.6) is 5.75 Å². The second-order valence-corrected chi connectivity index (χ2v) is 14.5. The first-order chi connectivity index (χ1) is 26.7. The van der Waals surface area contributed by atoms with Crippen LogP contribution in [0.1, 0.15) is 41.6 Å². The van der Waals surface area contributed by atoms with Gasteiger partial charge in [0.1, 0.15) is 58.6 Å². The molecule has 0 fully saturated rings. The number of ether oxygens (including phenoxy) is 2. The van der Waals surface area contributed by atoms with Crippen LogP contribution in [0.2, 0.25) is 5.02 Å². The highest BCUT2D eigenvalue weighted by Crippen LogP contribution is 2.37. The van der Waals surface area contributed by atoms with Crippen molar-refractivity contribution in [3.05, 3.63) is 112 Å². The topological polar surface area (TPSA) is 216 Å². The number of benzene rings is 3. The molecule has 2 heterocycles. The van der Waals surface area contributed by atoms with Gasteiger partial charge in [-0.05, 0) is 54.8 Å². The fraction of sp³-hybridized carbons (Fsp3) is 0.250. The number of unbranched alkanes of at least 4 members (excludes halogenated alkanes) is 1. The Kier molecular flexibility index (Phi) is 15.0. The minimum atomic E-state index is -0.942. The lowest BCUT2D eigenvalue weighted by atomic mass is 9.97. The number of anilines is 1. The molecule has 1 amide bonds. The van der Waals surface area contributed by atoms with Crippen LogP contribution >= 0.6 is 34.7 Å². The van der Waals surface area contributed by atoms with Crippen molar-refractivity contribution < 1.29 is 19.1 Å². The van der Waals surface area contributed by atoms with Crippen LogP contribution in [0.25, 0.3) is 21.7 Å². The Balaban J connectivity index is 1.21. The second-order valence-electron chi connectivity index (χ2n) is 12.3. The molecule has 0 aliphatic carbocycles. The number of nitrogens with two attached hydrogens (primary N) is 3. The number of thioether (sulfide) groups is 1. The summed E-state index contributed by atoms with van der Waals surface area (Å²) < 4.78 is 11.3. The van der Waals surface area contributed by atoms with Gasteiger partial charge >= 0.3 is 5.97 Å². The molecule has 0 unspecified atom stereocenters. The van der Waals surface area contributed by atoms with Crippen molar-refractivity contribution in [2.45, 2.75) is 48.5 Å². The van der Waals surface area contributed by atoms with E-state index in [-0.39, 0.29) is 36.6 Å². The molecule has 12 nitrogen and oxygen atoms in total. The molecule has 0 saturated heterocycles. The first-order valence-electron chi connectivity index (χ1n) is 17.4. The van der Waals surface area contributed by atoms with E-state index in [1.165, 1.54) is 23.1 Å². The van der Waals surface area contributed by atoms with E-state index in [1.807, 2.05) is 60.0 Å². The fourth-order valence-electron chi connectivity index (χ4n) is 5.51. The molecule has 0 aliphatic heterocycles. The van der Waals surface area contributed by atoms with Crippen LogP contribution in [-0.4, -0.2) is 53.7 Å². The number of rotatable bonds is 18. The smallest absolute Gasteiger partial charge is 0.329 e. The van der Waals surface area contributed by atoms with E-state index >= 15 is 0 Å². The SMILES string of the molecule is N#Cc1c(N)nc(SCc2csc(-c3ccc(Cl)cc3)n2)c(C#N)c1-c1ccc(OCCOC(=O)[C@H](Cc2ccccc2)NC(=O)[C@@H](N)CCCCN)cc1. The molecule has 0 spiro atoms. The number of pyridine rings is 1. The zero-order valence-corrected chi connectivity index (χ0v) is 32.1. The van der Waals surface area contributed by atoms with Gasteiger partial charge in [0, 0.05) is 33.7 Å². The minimum absolute atomic E-state index is 0.0108. The predicted octanol–water partition coefficient (Wildman–Crippen LogP) is 6.25. The standard InChI is InChI=1S/C40H39ClN8O4S2/c41-28-13-9-27(10-14-28)38-47-29(23-54-38)24-55-39-32(22-44)35(31(21-43)36(46)49-39)26-11-15-30(16-12-26)52-18-19-53-40(51)34(20-25-6-2-1-3-7-25)48-37(50)33(45)8-4-5-17-42/h1-3,6-7,9-16,23,33-34H,4-5,8,17-20,24,42,45H2,(H2,46,49)(H,48,50)/t33-,34-/m0/s1. The third kappa shape index (κ3) is 11.3. The molecule has 0 saturated carbocycles. The maximum atomic E-state index is 13.1. The number of carbonyl (C=O) groups is 2. The molecule has 2 aromatic heterocycles. The molecule has 3 aromatic carbocycles. The Morgan fingerprint density at radius 3 is 2.33 bits per heavy atom. The van der Waals surface area contributed by atoms with Gasteiger partial charge in [0.05, 0.1) is 17.3 Å². The number of hydrogen-bond donors (Lipinski definition) is 4. The number of nitrogens with one attached hydrogen (secondary N) is 1. The van der Waals surface area contributed by atoms with E-state index in [2.05, 4.69) is 22.4 Å². The summed E-state index contributed by atoms with van der Waals surface area (Å²) in [4.78, 5) is 35.0. The Morgan fingerprint density at radius 1 is 0.927 bits per heavy atom. The molecule has 5 aromatic rings. The maximum absolute atomic E-state index is 13.1. The molecule has 15 heteroatoms. The molecule has 0 aliphatic rings. The number of amides is 1. The summed E-state index contributed by atoms with van der Waals surface area (Å²) in [5.41, 5.74) is 21.7. The summed E-state index contributed by atoms with van der Waals surface area (Å²) in [7, 11) is 0. The third-order valence-electron chi connectivity index (χ3n) is 8.34. The predicted molar refractivity (Wildman–Crippen MR) is 215 cm³/mol. The highest BCUT2D eigenvalue weighted by molar-refractivity contribution is 7.98. The number of esters is 1. The monoisotopic (exact) mass is 794 g/mol. The van der Waals surface area contributed by atoms with Crippen LogP contribution in [0, 0.1) is 22.7 Å². The van der Waals surface area contributed by atoms with Gasteiger partial charge in [-0.3, -0.25) is 4.79 Å². The quantitative estimate of drug-likeness (QED) is 0.0440. The first-order valence-corrected chi connectivity index (χ1v) is 19.6. The highest BCUT2D eigenvalue weighted by Gasteiger charge is 2.26. The van der Waals surface area contributed by atoms with Gasteiger partial charge in [-0.25, -0.2) is 14.8 Å². The van der Waals surface area contributed by atoms with Gasteiger partial charge in [-0.1, -0.05) is 84.4 Å². The zero-order chi connectivity index (χ0) is 39.2. The average Bonchev–Trinajstić information content (AvgIpc) is 3.68. The van der Waals surface area contributed by atoms with Crippen molar-refractivity contribution in [2.75, 3.05) is 25.5 Å². The van der Waals surface area contributed by atoms with Gasteiger partial charge < -0.3 is 32.0 Å². The van der Waals surface area contributed by atoms with Crippen molar-refractivity contribution in [3.63, 3.8) is 0 Å². The number of nitrogen functional groups attached to an aromatic ring is 1. The van der Waals surface area contributed by atoms with Gasteiger partial charge in [0.2, 0.25) is 5.91 Å². The number of hydrogen-bond acceptors (Lipinski definition) is 13. The number of nitriles is 2. The van der Waals surface area contributed by atoms with Gasteiger partial charge in [-0.15, -0.1) is 11.3 Å². The summed E-state index contributed by atoms with van der Waals surface area (Å²) in [5, 5.41) is 26.8. The Labute approximate surface area is 332 Å². The minimum Gasteiger partial charge on any atom is -0.490 e. The van der Waals surface area contributed by atoms with Crippen molar-refractivity contribution in [2.24, 2.45) is 11.5 Å². The van der Waals surface area contributed by atoms with Gasteiger partial charge in [0.15, 0.2) is 0 Å². The average molecular weight is 795 g/mol. The maximum Gasteiger partial charge on any atom is 0.329 e. The number of thiazole rings is 1. The van der Waals surface area contributed by atoms with Crippen LogP contribution in [0.15, 0.2) is 89.3 Å². The van der Waals surface area contributed by atoms with E-state index in [4.69, 9.17) is 43.3 Å². The molecule has 55 heavy (non-hydrogen) atoms. The number of aromatic nitrogens is 2. The van der Waals surface area contributed by atoms with Crippen LogP contribution in [0.4, 0.5) is 5.82 Å². The van der Waals surface area contributed by atoms with Crippen LogP contribution in [-0.2, 0) is 26.5 Å². The zero-order valence-electron chi connectivity index (χ0n) is 29.7. The summed E-state index contributed by atoms with van der Waals surface area (Å²) in [5.74, 6) is -0.146. The molecule has 7 N–H and O–H groups in total. The van der Waals surface area contributed by atoms with Gasteiger partial charge in [0.25, 0.3) is 0 Å². The molecule has 0 radical (unpaired) electrons. The van der Waals surface area contributed by atoms with E-state index in [9.17, 15) is 20.1 Å². The van der Waals surface area contributed by atoms with Crippen LogP contribution in [0.3, 0.4) is 0 Å². The summed E-state index contributed by atoms with van der Waals surface area (Å²) >= 11 is 8.83. The van der Waals surface area contributed by atoms with E-state index < -0.39 is 24.0 Å². The van der Waals surface area contributed by atoms with Crippen molar-refractivity contribution >= 4 is 52.4 Å². The summed E-state index contributed by atoms with van der Waals surface area (Å²) in [6.45, 7) is 0.460. The van der Waals surface area contributed by atoms with Crippen molar-refractivity contribution in [1.82, 2.24) is 15.3 Å². The summed E-state index contributed by atoms with van der Waals surface area (Å²) in [6.07, 6.45) is 2.14. The van der Waals surface area contributed by atoms with Crippen LogP contribution < -0.4 is 27.3 Å². The molecule has 0 bridgehead atoms. The fourth-order valence-corrected chi connectivity index (χ4v) is 7.46. The normalized spacial score (nSPS) is 11.9. The Bertz CT molecular complexity index is 2150. The lowest BCUT2D eigenvalue weighted by molar-refractivity contribution is -0.148. The lowest BCUT2D eigenvalue weighted by Gasteiger charge is -2.20. The third-order valence-corrected chi connectivity index (χ3v) is 10.5. The highest BCUT2D eigenvalue weighted by atomic mass is 35.5. The van der Waals surface area contributed by atoms with E-state index in [0.717, 1.165) is 28.2 Å². The van der Waals surface area contributed by atoms with Crippen molar-refractivity contribution in [1.29, 1.82) is 10.5 Å². The molecular weight excluding hydrogens is 756 g/mol. The number of carbonyl (C=O) groups excluding carboxylic acids is 2. The number of nitrogens with zero attached hydrogens (tertiary/aromatic N) is 4. The van der Waals surface area contributed by atoms with E-state index in [1.54, 1.807) is 24.3 Å². The summed E-state index contributed by atoms with van der Waals surface area (Å²) in [6, 6.07) is 26.1.